The summed E-state index contributed by atoms with van der Waals surface area (Å²) >= 11 is 0. The highest BCUT2D eigenvalue weighted by Gasteiger charge is 2.24. The molecule has 0 fully saturated rings. The van der Waals surface area contributed by atoms with Crippen LogP contribution in [0.2, 0.25) is 0 Å². The number of hydrogen-bond donors (Lipinski definition) is 0. The number of hydrogen-bond acceptors (Lipinski definition) is 3. The van der Waals surface area contributed by atoms with E-state index in [1.807, 2.05) is 6.07 Å². The molecule has 3 heterocycles. The van der Waals surface area contributed by atoms with Crippen molar-refractivity contribution in [3.8, 4) is 111 Å². The first-order valence-electron chi connectivity index (χ1n) is 59.6. The van der Waals surface area contributed by atoms with Gasteiger partial charge in [0.15, 0.2) is 0 Å². The Balaban J connectivity index is 0.000000256. The molecule has 26 aromatic rings. The van der Waals surface area contributed by atoms with E-state index in [0.717, 1.165) is 99.2 Å². The van der Waals surface area contributed by atoms with Crippen molar-refractivity contribution in [2.24, 2.45) is 0 Å². The molecule has 26 rings (SSSR count). The summed E-state index contributed by atoms with van der Waals surface area (Å²) in [4.78, 5) is 0. The lowest BCUT2D eigenvalue weighted by atomic mass is 9.86. The molecule has 0 unspecified atom stereocenters. The van der Waals surface area contributed by atoms with E-state index in [-0.39, 0.29) is 0 Å². The van der Waals surface area contributed by atoms with E-state index in [1.165, 1.54) is 190 Å². The van der Waals surface area contributed by atoms with Crippen LogP contribution < -0.4 is 0 Å². The standard InChI is InChI=1S/C44H28O.C42H26O.C38H24O.5CH4.11H2/c1-3-12-29(13-4-1)31-16-11-17-32(26-31)33-22-24-35-36-25-23-34(28-42(36)45-41(35)27-33)44-39-20-9-7-18-37(39)43(30-14-5-2-6-15-30)38-19-8-10-21-40(38)44;1-2-12-28(13-3-1)41-35-16-6-8-18-37(35)42(38-19-9-7-17-36(38)41)30-22-24-34-33-23-21-29(25-39(33)43-40(34)26-30)32-20-10-14-27-11-4-5-15-31(27)32;1-3-11-25(12-4-1)27-19-21-29-30-22-20-28(24-36(30)39-35(29)23-27)38-33-17-9-7-15-31(33)37(26-13-5-2-6-14-26)32-16-8-10-18-34(32)38;;;;;;;;;;;;;;;;/h1-28H;1-26H;1-24H;5*1H4;11*1H/i;;;5*1D;11*1+1D. The van der Waals surface area contributed by atoms with Crippen LogP contribution in [-0.2, 0) is 0 Å². The van der Waals surface area contributed by atoms with Crippen molar-refractivity contribution in [2.75, 3.05) is 0 Å². The van der Waals surface area contributed by atoms with Crippen LogP contribution in [0, 0.1) is 0 Å². The van der Waals surface area contributed by atoms with Gasteiger partial charge >= 0.3 is 0 Å². The van der Waals surface area contributed by atoms with Crippen LogP contribution in [-0.4, -0.2) is 0 Å². The zero-order chi connectivity index (χ0) is 116. The number of rotatable bonds is 10. The van der Waals surface area contributed by atoms with Crippen molar-refractivity contribution in [3.63, 3.8) is 0 Å². The second kappa shape index (κ2) is 35.8. The molecule has 3 heteroatoms. The molecule has 132 heavy (non-hydrogen) atoms. The third-order valence-corrected chi connectivity index (χ3v) is 25.8. The lowest BCUT2D eigenvalue weighted by Gasteiger charge is -2.17. The molecule has 0 aliphatic rings. The van der Waals surface area contributed by atoms with Crippen LogP contribution in [0.1, 0.15) is 76.5 Å². The van der Waals surface area contributed by atoms with Crippen LogP contribution in [0.4, 0.5) is 0 Å². The molecule has 0 N–H and O–H groups in total. The molecular weight excluding hydrogens is 1600 g/mol. The Labute approximate surface area is 811 Å². The fourth-order valence-corrected chi connectivity index (χ4v) is 20.0. The van der Waals surface area contributed by atoms with Crippen LogP contribution >= 0.6 is 0 Å². The van der Waals surface area contributed by atoms with Gasteiger partial charge in [-0.15, -0.1) is 0 Å². The largest absolute Gasteiger partial charge is 0.456 e. The maximum absolute atomic E-state index is 6.61. The number of benzene rings is 23. The third-order valence-electron chi connectivity index (χ3n) is 25.8. The Morgan fingerprint density at radius 2 is 0.318 bits per heavy atom. The average molecular weight is 1750 g/mol. The summed E-state index contributed by atoms with van der Waals surface area (Å²) in [6.45, 7) is 0. The van der Waals surface area contributed by atoms with Crippen molar-refractivity contribution < 1.29 is 52.8 Å². The SMILES string of the molecule is [2H]C.[2H]C.[2H]C.[2H]C.[2H]C.[2H][2H].[2H][2H].[2H][2H].[2H][2H].[2H][2H].[2H][2H].[2H][2H].[2H][2H].[2H][2H].[2H][2H].[2H][2H].c1ccc(-c2c3ccccc3c(-c3ccc4c(c3)oc3cc(-c5cccc6ccccc56)ccc34)c3ccccc23)cc1.c1ccc(-c2ccc3c(c2)oc2cc(-c4c5ccccc5c(-c5ccccc5)c5ccccc45)ccc23)cc1.c1ccc(-c2cccc(-c3ccc4c(c3)oc3cc(-c5c6ccccc6c(-c6ccccc6)c6ccccc56)ccc34)c2)cc1. The highest BCUT2D eigenvalue weighted by Crippen LogP contribution is 2.50. The zero-order valence-electron chi connectivity index (χ0n) is 101. The number of furan rings is 3. The normalized spacial score (nSPS) is 12.1. The molecular formula is C129H120O3. The molecule has 0 radical (unpaired) electrons. The zero-order valence-corrected chi connectivity index (χ0v) is 74.3. The fourth-order valence-electron chi connectivity index (χ4n) is 20.0. The van der Waals surface area contributed by atoms with E-state index in [9.17, 15) is 0 Å². The first-order chi connectivity index (χ1) is 79.0. The second-order valence-electron chi connectivity index (χ2n) is 33.0. The minimum Gasteiger partial charge on any atom is -0.456 e. The first kappa shape index (κ1) is 67.6. The average Bonchev–Trinajstić information content (AvgIpc) is 1.64. The maximum atomic E-state index is 6.61. The summed E-state index contributed by atoms with van der Waals surface area (Å²) in [7, 11) is 6.25. The summed E-state index contributed by atoms with van der Waals surface area (Å²) in [5, 5.41) is 24.3. The Bertz CT molecular complexity index is 8730. The van der Waals surface area contributed by atoms with Gasteiger partial charge in [-0.2, -0.15) is 0 Å². The fraction of sp³-hybridized carbons (Fsp3) is 0.0388. The van der Waals surface area contributed by atoms with E-state index in [1.54, 1.807) is 0 Å². The second-order valence-corrected chi connectivity index (χ2v) is 33.0. The van der Waals surface area contributed by atoms with Gasteiger partial charge in [0.2, 0.25) is 0 Å². The van der Waals surface area contributed by atoms with E-state index in [4.69, 9.17) is 52.8 Å². The van der Waals surface area contributed by atoms with E-state index >= 15 is 0 Å². The molecule has 0 aliphatic heterocycles. The van der Waals surface area contributed by atoms with Crippen LogP contribution in [0.15, 0.2) is 486 Å². The molecule has 0 saturated heterocycles. The predicted molar refractivity (Wildman–Crippen MR) is 595 cm³/mol. The minimum absolute atomic E-state index is 0.901. The number of fused-ring (bicyclic) bond motifs is 16. The van der Waals surface area contributed by atoms with Crippen molar-refractivity contribution in [3.05, 3.63) is 473 Å². The third kappa shape index (κ3) is 14.8. The van der Waals surface area contributed by atoms with Gasteiger partial charge in [-0.25, -0.2) is 0 Å². The van der Waals surface area contributed by atoms with Gasteiger partial charge in [-0.05, 0) is 266 Å². The van der Waals surface area contributed by atoms with Gasteiger partial charge in [-0.3, -0.25) is 0 Å². The van der Waals surface area contributed by atoms with E-state index < -0.39 is 0 Å². The summed E-state index contributed by atoms with van der Waals surface area (Å²) in [6.07, 6.45) is 0. The van der Waals surface area contributed by atoms with E-state index in [0.29, 0.717) is 0 Å². The Kier molecular flexibility index (Phi) is 18.3. The molecule has 23 aromatic carbocycles. The van der Waals surface area contributed by atoms with Gasteiger partial charge in [0.05, 0.1) is 0 Å². The molecule has 3 nitrogen and oxygen atoms in total. The lowest BCUT2D eigenvalue weighted by Crippen LogP contribution is -1.90. The topological polar surface area (TPSA) is 39.4 Å². The summed E-state index contributed by atoms with van der Waals surface area (Å²) in [5.74, 6) is 0. The molecule has 3 aromatic heterocycles. The molecule has 0 saturated carbocycles. The van der Waals surface area contributed by atoms with Crippen molar-refractivity contribution >= 4 is 141 Å². The van der Waals surface area contributed by atoms with Gasteiger partial charge in [0.25, 0.3) is 0 Å². The Hall–Kier alpha value is -16.7. The molecule has 0 aliphatic carbocycles. The van der Waals surface area contributed by atoms with Crippen LogP contribution in [0.5, 0.6) is 0 Å². The highest BCUT2D eigenvalue weighted by molar-refractivity contribution is 6.26. The molecule has 654 valence electrons. The van der Waals surface area contributed by atoms with Crippen LogP contribution in [0.3, 0.4) is 0 Å². The maximum Gasteiger partial charge on any atom is 0.136 e. The summed E-state index contributed by atoms with van der Waals surface area (Å²) < 4.78 is 158. The smallest absolute Gasteiger partial charge is 0.136 e. The van der Waals surface area contributed by atoms with Crippen molar-refractivity contribution in [2.45, 2.75) is 37.0 Å². The van der Waals surface area contributed by atoms with Crippen LogP contribution in [0.25, 0.3) is 252 Å². The first-order valence-corrected chi connectivity index (χ1v) is 43.6. The van der Waals surface area contributed by atoms with E-state index in [2.05, 4.69) is 467 Å². The minimum atomic E-state index is 0.901. The van der Waals surface area contributed by atoms with Crippen molar-refractivity contribution in [1.82, 2.24) is 0 Å². The highest BCUT2D eigenvalue weighted by atomic mass is 16.3. The van der Waals surface area contributed by atoms with Gasteiger partial charge in [-0.1, -0.05) is 431 Å². The monoisotopic (exact) mass is 1740 g/mol. The lowest BCUT2D eigenvalue weighted by molar-refractivity contribution is 0.669. The summed E-state index contributed by atoms with van der Waals surface area (Å²) in [6, 6.07) is 169. The predicted octanol–water partition coefficient (Wildman–Crippen LogP) is 41.4. The molecule has 0 spiro atoms. The Morgan fingerprint density at radius 1 is 0.136 bits per heavy atom. The quantitative estimate of drug-likeness (QED) is 0.128. The van der Waals surface area contributed by atoms with Gasteiger partial charge < -0.3 is 13.3 Å². The van der Waals surface area contributed by atoms with Gasteiger partial charge in [0.1, 0.15) is 33.5 Å². The molecule has 0 amide bonds. The molecule has 0 bridgehead atoms. The summed E-state index contributed by atoms with van der Waals surface area (Å²) in [5.41, 5.74) is 29.7. The Morgan fingerprint density at radius 3 is 0.614 bits per heavy atom. The van der Waals surface area contributed by atoms with Crippen molar-refractivity contribution in [1.29, 1.82) is 0 Å². The molecule has 0 atom stereocenters. The van der Waals surface area contributed by atoms with Gasteiger partial charge in [0, 0.05) is 71.8 Å².